The largest absolute Gasteiger partial charge is 0.383 e. The number of rotatable bonds is 6. The number of anilines is 1. The molecule has 0 saturated heterocycles. The Bertz CT molecular complexity index is 816. The highest BCUT2D eigenvalue weighted by molar-refractivity contribution is 5.96. The first-order valence-corrected chi connectivity index (χ1v) is 8.88. The fraction of sp³-hybridized carbons (Fsp3) is 0.318. The van der Waals surface area contributed by atoms with Crippen LogP contribution in [0.1, 0.15) is 56.1 Å². The molecule has 1 amide bonds. The van der Waals surface area contributed by atoms with Crippen LogP contribution in [0.15, 0.2) is 53.7 Å². The van der Waals surface area contributed by atoms with Gasteiger partial charge in [0.1, 0.15) is 0 Å². The molecule has 0 aromatic heterocycles. The van der Waals surface area contributed by atoms with Gasteiger partial charge in [0.2, 0.25) is 6.10 Å². The number of Topliss-reactive ketones (excluding diaryl/α,β-unsaturated/α-hetero) is 1. The van der Waals surface area contributed by atoms with Crippen LogP contribution in [0.25, 0.3) is 0 Å². The molecular weight excluding hydrogens is 340 g/mol. The van der Waals surface area contributed by atoms with E-state index in [-0.39, 0.29) is 17.1 Å². The Hall–Kier alpha value is -2.95. The normalized spacial score (nSPS) is 12.6. The monoisotopic (exact) mass is 366 g/mol. The van der Waals surface area contributed by atoms with Crippen molar-refractivity contribution in [1.82, 2.24) is 0 Å². The predicted molar refractivity (Wildman–Crippen MR) is 108 cm³/mol. The van der Waals surface area contributed by atoms with E-state index in [1.807, 2.05) is 12.1 Å². The van der Waals surface area contributed by atoms with Gasteiger partial charge in [-0.05, 0) is 54.7 Å². The van der Waals surface area contributed by atoms with Gasteiger partial charge in [0.15, 0.2) is 5.78 Å². The van der Waals surface area contributed by atoms with Crippen molar-refractivity contribution in [2.24, 2.45) is 5.16 Å². The fourth-order valence-electron chi connectivity index (χ4n) is 2.33. The van der Waals surface area contributed by atoms with Crippen LogP contribution in [0.5, 0.6) is 0 Å². The van der Waals surface area contributed by atoms with Gasteiger partial charge in [0.25, 0.3) is 5.91 Å². The molecule has 0 aliphatic heterocycles. The van der Waals surface area contributed by atoms with Crippen molar-refractivity contribution in [3.63, 3.8) is 0 Å². The Morgan fingerprint density at radius 3 is 2.15 bits per heavy atom. The zero-order chi connectivity index (χ0) is 20.0. The van der Waals surface area contributed by atoms with E-state index < -0.39 is 6.10 Å². The maximum Gasteiger partial charge on any atom is 0.267 e. The molecule has 0 spiro atoms. The van der Waals surface area contributed by atoms with Gasteiger partial charge in [-0.2, -0.15) is 0 Å². The van der Waals surface area contributed by atoms with Crippen LogP contribution in [-0.2, 0) is 15.0 Å². The Kier molecular flexibility index (Phi) is 6.50. The van der Waals surface area contributed by atoms with Crippen LogP contribution in [0.4, 0.5) is 5.69 Å². The molecule has 2 aromatic rings. The molecule has 0 bridgehead atoms. The quantitative estimate of drug-likeness (QED) is 0.463. The van der Waals surface area contributed by atoms with Crippen LogP contribution in [0.2, 0.25) is 0 Å². The van der Waals surface area contributed by atoms with Crippen molar-refractivity contribution >= 4 is 23.6 Å². The minimum atomic E-state index is -0.748. The van der Waals surface area contributed by atoms with Gasteiger partial charge in [-0.1, -0.05) is 50.2 Å². The highest BCUT2D eigenvalue weighted by Crippen LogP contribution is 2.21. The summed E-state index contributed by atoms with van der Waals surface area (Å²) >= 11 is 0. The van der Waals surface area contributed by atoms with Crippen LogP contribution in [-0.4, -0.2) is 24.0 Å². The van der Waals surface area contributed by atoms with E-state index >= 15 is 0 Å². The first kappa shape index (κ1) is 20.4. The number of hydrogen-bond acceptors (Lipinski definition) is 4. The standard InChI is InChI=1S/C22H26N2O3/c1-15(25)18-8-12-20(13-9-18)24-21(26)16(2)27-23-14-17-6-10-19(11-7-17)22(3,4)5/h6-14,16H,1-5H3,(H,24,26)/b23-14+. The van der Waals surface area contributed by atoms with Gasteiger partial charge in [-0.25, -0.2) is 0 Å². The second-order valence-corrected chi connectivity index (χ2v) is 7.48. The molecule has 5 heteroatoms. The molecule has 0 radical (unpaired) electrons. The minimum absolute atomic E-state index is 0.0190. The third-order valence-electron chi connectivity index (χ3n) is 4.13. The summed E-state index contributed by atoms with van der Waals surface area (Å²) in [5.41, 5.74) is 3.43. The van der Waals surface area contributed by atoms with E-state index in [1.165, 1.54) is 12.5 Å². The van der Waals surface area contributed by atoms with E-state index in [1.54, 1.807) is 37.4 Å². The first-order valence-electron chi connectivity index (χ1n) is 8.88. The number of benzene rings is 2. The van der Waals surface area contributed by atoms with Gasteiger partial charge < -0.3 is 10.2 Å². The number of oxime groups is 1. The average molecular weight is 366 g/mol. The summed E-state index contributed by atoms with van der Waals surface area (Å²) in [5.74, 6) is -0.333. The lowest BCUT2D eigenvalue weighted by atomic mass is 9.87. The SMILES string of the molecule is CC(=O)c1ccc(NC(=O)C(C)O/N=C/c2ccc(C(C)(C)C)cc2)cc1. The Morgan fingerprint density at radius 2 is 1.63 bits per heavy atom. The zero-order valence-corrected chi connectivity index (χ0v) is 16.4. The molecule has 0 fully saturated rings. The van der Waals surface area contributed by atoms with E-state index in [0.29, 0.717) is 11.3 Å². The van der Waals surface area contributed by atoms with Gasteiger partial charge in [-0.15, -0.1) is 0 Å². The molecule has 1 unspecified atom stereocenters. The second-order valence-electron chi connectivity index (χ2n) is 7.48. The van der Waals surface area contributed by atoms with Crippen molar-refractivity contribution in [2.75, 3.05) is 5.32 Å². The summed E-state index contributed by atoms with van der Waals surface area (Å²) in [6, 6.07) is 14.8. The van der Waals surface area contributed by atoms with Crippen molar-refractivity contribution in [1.29, 1.82) is 0 Å². The molecule has 27 heavy (non-hydrogen) atoms. The van der Waals surface area contributed by atoms with Crippen LogP contribution in [0.3, 0.4) is 0 Å². The van der Waals surface area contributed by atoms with Gasteiger partial charge in [-0.3, -0.25) is 9.59 Å². The second kappa shape index (κ2) is 8.62. The molecule has 5 nitrogen and oxygen atoms in total. The van der Waals surface area contributed by atoms with Crippen LogP contribution in [0, 0.1) is 0 Å². The average Bonchev–Trinajstić information content (AvgIpc) is 2.61. The maximum atomic E-state index is 12.2. The molecule has 0 heterocycles. The fourth-order valence-corrected chi connectivity index (χ4v) is 2.33. The van der Waals surface area contributed by atoms with Gasteiger partial charge in [0, 0.05) is 11.3 Å². The third-order valence-corrected chi connectivity index (χ3v) is 4.13. The number of ketones is 1. The highest BCUT2D eigenvalue weighted by Gasteiger charge is 2.15. The first-order chi connectivity index (χ1) is 12.7. The molecule has 0 saturated carbocycles. The number of nitrogens with zero attached hydrogens (tertiary/aromatic N) is 1. The Morgan fingerprint density at radius 1 is 1.04 bits per heavy atom. The topological polar surface area (TPSA) is 67.8 Å². The summed E-state index contributed by atoms with van der Waals surface area (Å²) < 4.78 is 0. The van der Waals surface area contributed by atoms with Crippen molar-refractivity contribution in [2.45, 2.75) is 46.1 Å². The zero-order valence-electron chi connectivity index (χ0n) is 16.4. The molecule has 1 atom stereocenters. The summed E-state index contributed by atoms with van der Waals surface area (Å²) in [4.78, 5) is 28.7. The van der Waals surface area contributed by atoms with Crippen molar-refractivity contribution in [3.8, 4) is 0 Å². The molecular formula is C22H26N2O3. The molecule has 2 aromatic carbocycles. The summed E-state index contributed by atoms with van der Waals surface area (Å²) in [6.45, 7) is 9.60. The Balaban J connectivity index is 1.88. The molecule has 0 aliphatic rings. The number of carbonyl (C=O) groups is 2. The van der Waals surface area contributed by atoms with Crippen LogP contribution < -0.4 is 5.32 Å². The maximum absolute atomic E-state index is 12.2. The third kappa shape index (κ3) is 6.06. The van der Waals surface area contributed by atoms with Gasteiger partial charge >= 0.3 is 0 Å². The number of nitrogens with one attached hydrogen (secondary N) is 1. The van der Waals surface area contributed by atoms with E-state index in [9.17, 15) is 9.59 Å². The van der Waals surface area contributed by atoms with E-state index in [2.05, 4.69) is 43.4 Å². The molecule has 2 rings (SSSR count). The highest BCUT2D eigenvalue weighted by atomic mass is 16.6. The van der Waals surface area contributed by atoms with E-state index in [0.717, 1.165) is 5.56 Å². The number of carbonyl (C=O) groups excluding carboxylic acids is 2. The Labute approximate surface area is 160 Å². The summed E-state index contributed by atoms with van der Waals surface area (Å²) in [6.07, 6.45) is 0.834. The van der Waals surface area contributed by atoms with Gasteiger partial charge in [0.05, 0.1) is 6.21 Å². The molecule has 1 N–H and O–H groups in total. The molecule has 0 aliphatic carbocycles. The van der Waals surface area contributed by atoms with Crippen molar-refractivity contribution in [3.05, 3.63) is 65.2 Å². The lowest BCUT2D eigenvalue weighted by Crippen LogP contribution is -2.26. The number of amides is 1. The van der Waals surface area contributed by atoms with Crippen LogP contribution >= 0.6 is 0 Å². The predicted octanol–water partition coefficient (Wildman–Crippen LogP) is 4.56. The summed E-state index contributed by atoms with van der Waals surface area (Å²) in [7, 11) is 0. The summed E-state index contributed by atoms with van der Waals surface area (Å²) in [5, 5.41) is 6.63. The molecule has 142 valence electrons. The smallest absolute Gasteiger partial charge is 0.267 e. The minimum Gasteiger partial charge on any atom is -0.383 e. The van der Waals surface area contributed by atoms with E-state index in [4.69, 9.17) is 4.84 Å². The van der Waals surface area contributed by atoms with Crippen molar-refractivity contribution < 1.29 is 14.4 Å². The number of hydrogen-bond donors (Lipinski definition) is 1. The lowest BCUT2D eigenvalue weighted by molar-refractivity contribution is -0.126. The lowest BCUT2D eigenvalue weighted by Gasteiger charge is -2.18.